The van der Waals surface area contributed by atoms with Gasteiger partial charge in [0.2, 0.25) is 0 Å². The summed E-state index contributed by atoms with van der Waals surface area (Å²) in [6.07, 6.45) is 0. The zero-order chi connectivity index (χ0) is 29.6. The Morgan fingerprint density at radius 3 is 1.86 bits per heavy atom. The van der Waals surface area contributed by atoms with E-state index in [1.54, 1.807) is 0 Å². The molecule has 0 saturated heterocycles. The molecule has 3 heterocycles. The van der Waals surface area contributed by atoms with Gasteiger partial charge in [0.05, 0.1) is 29.0 Å². The largest absolute Gasteiger partial charge is 0.310 e. The van der Waals surface area contributed by atoms with Crippen molar-refractivity contribution >= 4 is 76.1 Å². The smallest absolute Gasteiger partial charge is 0.188 e. The number of benzene rings is 6. The third-order valence-electron chi connectivity index (χ3n) is 9.38. The highest BCUT2D eigenvalue weighted by molar-refractivity contribution is 7.25. The molecule has 0 amide bonds. The Morgan fingerprint density at radius 2 is 1.16 bits per heavy atom. The Labute approximate surface area is 259 Å². The number of rotatable bonds is 2. The van der Waals surface area contributed by atoms with Gasteiger partial charge in [0.15, 0.2) is 5.69 Å². The molecule has 0 spiro atoms. The number of hydrogen-bond acceptors (Lipinski definition) is 2. The highest BCUT2D eigenvalue weighted by Gasteiger charge is 2.36. The molecule has 208 valence electrons. The standard InChI is InChI=1S/C40H27N3S/c1-40(2)32-11-5-8-14-36(32)43(37-15-9-6-12-33(37)40)27-18-20-30-29-19-17-26(23-38(29)44-39(30)24-27)42-34-13-7-4-10-28(34)31-22-25(41-3)16-21-35(31)42/h4-24H,1-2H3. The Hall–Kier alpha value is -5.37. The number of nitrogens with zero attached hydrogens (tertiary/aromatic N) is 3. The molecule has 0 fully saturated rings. The number of hydrogen-bond donors (Lipinski definition) is 0. The Bertz CT molecular complexity index is 2460. The Kier molecular flexibility index (Phi) is 5.18. The molecule has 4 heteroatoms. The molecule has 0 aliphatic carbocycles. The zero-order valence-corrected chi connectivity index (χ0v) is 25.2. The maximum Gasteiger partial charge on any atom is 0.188 e. The van der Waals surface area contributed by atoms with Gasteiger partial charge < -0.3 is 9.47 Å². The molecular weight excluding hydrogens is 555 g/mol. The first-order valence-corrected chi connectivity index (χ1v) is 15.7. The Morgan fingerprint density at radius 1 is 0.568 bits per heavy atom. The normalized spacial score (nSPS) is 13.8. The molecule has 0 N–H and O–H groups in total. The van der Waals surface area contributed by atoms with Crippen LogP contribution >= 0.6 is 11.3 Å². The van der Waals surface area contributed by atoms with Gasteiger partial charge in [0.1, 0.15) is 0 Å². The van der Waals surface area contributed by atoms with Crippen LogP contribution in [-0.2, 0) is 5.41 Å². The second kappa shape index (κ2) is 9.07. The molecule has 0 unspecified atom stereocenters. The molecule has 0 radical (unpaired) electrons. The molecular formula is C40H27N3S. The molecule has 44 heavy (non-hydrogen) atoms. The van der Waals surface area contributed by atoms with E-state index in [0.29, 0.717) is 5.69 Å². The summed E-state index contributed by atoms with van der Waals surface area (Å²) in [6, 6.07) is 45.9. The molecule has 8 aromatic rings. The molecule has 1 aliphatic heterocycles. The van der Waals surface area contributed by atoms with Crippen LogP contribution in [0.5, 0.6) is 0 Å². The van der Waals surface area contributed by atoms with E-state index < -0.39 is 0 Å². The highest BCUT2D eigenvalue weighted by Crippen LogP contribution is 2.52. The highest BCUT2D eigenvalue weighted by atomic mass is 32.1. The summed E-state index contributed by atoms with van der Waals surface area (Å²) < 4.78 is 4.87. The lowest BCUT2D eigenvalue weighted by molar-refractivity contribution is 0.632. The summed E-state index contributed by atoms with van der Waals surface area (Å²) in [6.45, 7) is 12.2. The summed E-state index contributed by atoms with van der Waals surface area (Å²) in [5.41, 5.74) is 10.3. The summed E-state index contributed by atoms with van der Waals surface area (Å²) in [5.74, 6) is 0. The molecule has 0 atom stereocenters. The van der Waals surface area contributed by atoms with Gasteiger partial charge >= 0.3 is 0 Å². The van der Waals surface area contributed by atoms with Crippen LogP contribution in [0.1, 0.15) is 25.0 Å². The van der Waals surface area contributed by atoms with E-state index in [0.717, 1.165) is 22.1 Å². The number of para-hydroxylation sites is 3. The van der Waals surface area contributed by atoms with Crippen molar-refractivity contribution in [3.8, 4) is 5.69 Å². The molecule has 6 aromatic carbocycles. The van der Waals surface area contributed by atoms with E-state index in [2.05, 4.69) is 143 Å². The van der Waals surface area contributed by atoms with Gasteiger partial charge in [-0.05, 0) is 71.1 Å². The summed E-state index contributed by atoms with van der Waals surface area (Å²) >= 11 is 1.85. The van der Waals surface area contributed by atoms with Gasteiger partial charge in [0.25, 0.3) is 0 Å². The van der Waals surface area contributed by atoms with Crippen molar-refractivity contribution in [2.75, 3.05) is 4.90 Å². The fraction of sp³-hybridized carbons (Fsp3) is 0.0750. The number of aromatic nitrogens is 1. The van der Waals surface area contributed by atoms with Gasteiger partial charge in [-0.2, -0.15) is 0 Å². The monoisotopic (exact) mass is 581 g/mol. The minimum absolute atomic E-state index is 0.0772. The van der Waals surface area contributed by atoms with E-state index >= 15 is 0 Å². The fourth-order valence-electron chi connectivity index (χ4n) is 7.29. The summed E-state index contributed by atoms with van der Waals surface area (Å²) in [5, 5.41) is 4.83. The summed E-state index contributed by atoms with van der Waals surface area (Å²) in [7, 11) is 0. The lowest BCUT2D eigenvalue weighted by Crippen LogP contribution is -2.30. The number of anilines is 3. The van der Waals surface area contributed by atoms with E-state index in [4.69, 9.17) is 6.57 Å². The maximum absolute atomic E-state index is 7.53. The fourth-order valence-corrected chi connectivity index (χ4v) is 8.46. The van der Waals surface area contributed by atoms with E-state index in [1.165, 1.54) is 53.7 Å². The van der Waals surface area contributed by atoms with Crippen LogP contribution < -0.4 is 4.90 Å². The third kappa shape index (κ3) is 3.42. The topological polar surface area (TPSA) is 12.5 Å². The average Bonchev–Trinajstić information content (AvgIpc) is 3.59. The molecule has 0 saturated carbocycles. The van der Waals surface area contributed by atoms with Crippen molar-refractivity contribution < 1.29 is 0 Å². The minimum Gasteiger partial charge on any atom is -0.310 e. The van der Waals surface area contributed by atoms with Crippen LogP contribution in [0.4, 0.5) is 22.7 Å². The van der Waals surface area contributed by atoms with Gasteiger partial charge in [-0.3, -0.25) is 0 Å². The van der Waals surface area contributed by atoms with Crippen molar-refractivity contribution in [2.24, 2.45) is 0 Å². The van der Waals surface area contributed by atoms with Crippen molar-refractivity contribution in [1.29, 1.82) is 0 Å². The van der Waals surface area contributed by atoms with Crippen LogP contribution in [0.2, 0.25) is 0 Å². The third-order valence-corrected chi connectivity index (χ3v) is 10.5. The van der Waals surface area contributed by atoms with Crippen LogP contribution in [0.15, 0.2) is 127 Å². The van der Waals surface area contributed by atoms with E-state index in [9.17, 15) is 0 Å². The number of fused-ring (bicyclic) bond motifs is 8. The lowest BCUT2D eigenvalue weighted by Gasteiger charge is -2.42. The SMILES string of the molecule is [C-]#[N+]c1ccc2c(c1)c1ccccc1n2-c1ccc2c(c1)sc1cc(N3c4ccccc4C(C)(C)c4ccccc43)ccc12. The second-order valence-corrected chi connectivity index (χ2v) is 13.2. The van der Waals surface area contributed by atoms with Gasteiger partial charge in [0, 0.05) is 42.3 Å². The van der Waals surface area contributed by atoms with Gasteiger partial charge in [-0.25, -0.2) is 4.85 Å². The predicted octanol–water partition coefficient (Wildman–Crippen LogP) is 11.8. The minimum atomic E-state index is -0.0772. The van der Waals surface area contributed by atoms with E-state index in [-0.39, 0.29) is 5.41 Å². The van der Waals surface area contributed by atoms with Crippen LogP contribution in [-0.4, -0.2) is 4.57 Å². The first kappa shape index (κ1) is 25.2. The number of thiophene rings is 1. The van der Waals surface area contributed by atoms with Crippen LogP contribution in [0.25, 0.3) is 52.5 Å². The summed E-state index contributed by atoms with van der Waals surface area (Å²) in [4.78, 5) is 6.12. The molecule has 2 aromatic heterocycles. The molecule has 9 rings (SSSR count). The van der Waals surface area contributed by atoms with Crippen molar-refractivity contribution in [1.82, 2.24) is 4.57 Å². The van der Waals surface area contributed by atoms with Crippen LogP contribution in [0.3, 0.4) is 0 Å². The van der Waals surface area contributed by atoms with Crippen molar-refractivity contribution in [3.05, 3.63) is 150 Å². The first-order valence-electron chi connectivity index (χ1n) is 14.9. The first-order chi connectivity index (χ1) is 21.5. The predicted molar refractivity (Wildman–Crippen MR) is 187 cm³/mol. The molecule has 3 nitrogen and oxygen atoms in total. The Balaban J connectivity index is 1.22. The van der Waals surface area contributed by atoms with Crippen molar-refractivity contribution in [3.63, 3.8) is 0 Å². The zero-order valence-electron chi connectivity index (χ0n) is 24.4. The lowest BCUT2D eigenvalue weighted by atomic mass is 9.73. The second-order valence-electron chi connectivity index (χ2n) is 12.1. The molecule has 1 aliphatic rings. The average molecular weight is 582 g/mol. The van der Waals surface area contributed by atoms with Crippen LogP contribution in [0, 0.1) is 6.57 Å². The quantitative estimate of drug-likeness (QED) is 0.185. The van der Waals surface area contributed by atoms with Gasteiger partial charge in [-0.15, -0.1) is 11.3 Å². The van der Waals surface area contributed by atoms with Crippen molar-refractivity contribution in [2.45, 2.75) is 19.3 Å². The van der Waals surface area contributed by atoms with Gasteiger partial charge in [-0.1, -0.05) is 86.6 Å². The maximum atomic E-state index is 7.53. The van der Waals surface area contributed by atoms with E-state index in [1.807, 2.05) is 23.5 Å². The molecule has 0 bridgehead atoms.